The SMILES string of the molecule is COc1nc(Cl)ncc1C#CCCl. The lowest BCUT2D eigenvalue weighted by molar-refractivity contribution is 0.395. The summed E-state index contributed by atoms with van der Waals surface area (Å²) in [6.45, 7) is 0. The molecule has 0 aliphatic carbocycles. The molecule has 3 nitrogen and oxygen atoms in total. The Morgan fingerprint density at radius 1 is 1.62 bits per heavy atom. The number of nitrogens with zero attached hydrogens (tertiary/aromatic N) is 2. The minimum Gasteiger partial charge on any atom is -0.480 e. The summed E-state index contributed by atoms with van der Waals surface area (Å²) in [5, 5.41) is 0.133. The van der Waals surface area contributed by atoms with Crippen LogP contribution in [0.2, 0.25) is 5.28 Å². The van der Waals surface area contributed by atoms with Gasteiger partial charge in [-0.25, -0.2) is 4.98 Å². The van der Waals surface area contributed by atoms with Crippen molar-refractivity contribution < 1.29 is 4.74 Å². The van der Waals surface area contributed by atoms with E-state index in [4.69, 9.17) is 27.9 Å². The number of rotatable bonds is 1. The van der Waals surface area contributed by atoms with Gasteiger partial charge in [-0.3, -0.25) is 0 Å². The molecule has 1 aromatic heterocycles. The fourth-order valence-electron chi connectivity index (χ4n) is 0.716. The quantitative estimate of drug-likeness (QED) is 0.408. The number of aromatic nitrogens is 2. The molecule has 13 heavy (non-hydrogen) atoms. The zero-order valence-corrected chi connectivity index (χ0v) is 8.35. The average molecular weight is 217 g/mol. The summed E-state index contributed by atoms with van der Waals surface area (Å²) >= 11 is 11.0. The molecule has 5 heteroatoms. The maximum Gasteiger partial charge on any atom is 0.233 e. The highest BCUT2D eigenvalue weighted by molar-refractivity contribution is 6.28. The average Bonchev–Trinajstić information content (AvgIpc) is 2.16. The van der Waals surface area contributed by atoms with Crippen molar-refractivity contribution in [3.05, 3.63) is 17.0 Å². The van der Waals surface area contributed by atoms with Crippen LogP contribution in [0.15, 0.2) is 6.20 Å². The largest absolute Gasteiger partial charge is 0.480 e. The lowest BCUT2D eigenvalue weighted by atomic mass is 10.3. The molecule has 0 amide bonds. The van der Waals surface area contributed by atoms with E-state index >= 15 is 0 Å². The van der Waals surface area contributed by atoms with Crippen molar-refractivity contribution in [2.75, 3.05) is 13.0 Å². The summed E-state index contributed by atoms with van der Waals surface area (Å²) in [6, 6.07) is 0. The van der Waals surface area contributed by atoms with E-state index in [2.05, 4.69) is 21.8 Å². The topological polar surface area (TPSA) is 35.0 Å². The number of hydrogen-bond donors (Lipinski definition) is 0. The van der Waals surface area contributed by atoms with Crippen molar-refractivity contribution >= 4 is 23.2 Å². The van der Waals surface area contributed by atoms with E-state index < -0.39 is 0 Å². The highest BCUT2D eigenvalue weighted by atomic mass is 35.5. The lowest BCUT2D eigenvalue weighted by Gasteiger charge is -2.00. The van der Waals surface area contributed by atoms with Crippen LogP contribution in [0.5, 0.6) is 5.88 Å². The second-order valence-corrected chi connectivity index (χ2v) is 2.60. The number of alkyl halides is 1. The van der Waals surface area contributed by atoms with Gasteiger partial charge in [-0.15, -0.1) is 11.6 Å². The Balaban J connectivity index is 3.06. The van der Waals surface area contributed by atoms with Crippen LogP contribution >= 0.6 is 23.2 Å². The third-order valence-electron chi connectivity index (χ3n) is 1.21. The van der Waals surface area contributed by atoms with Gasteiger partial charge < -0.3 is 4.74 Å². The summed E-state index contributed by atoms with van der Waals surface area (Å²) in [6.07, 6.45) is 1.49. The van der Waals surface area contributed by atoms with E-state index in [0.29, 0.717) is 11.4 Å². The third-order valence-corrected chi connectivity index (χ3v) is 1.52. The first kappa shape index (κ1) is 10.1. The van der Waals surface area contributed by atoms with Crippen LogP contribution in [0.25, 0.3) is 0 Å². The molecule has 0 aromatic carbocycles. The molecule has 0 aliphatic rings. The van der Waals surface area contributed by atoms with Gasteiger partial charge in [0.2, 0.25) is 11.2 Å². The van der Waals surface area contributed by atoms with Crippen molar-refractivity contribution in [2.24, 2.45) is 0 Å². The summed E-state index contributed by atoms with van der Waals surface area (Å²) < 4.78 is 4.94. The molecule has 68 valence electrons. The van der Waals surface area contributed by atoms with Crippen LogP contribution in [0.1, 0.15) is 5.56 Å². The lowest BCUT2D eigenvalue weighted by Crippen LogP contribution is -1.94. The van der Waals surface area contributed by atoms with E-state index in [1.54, 1.807) is 0 Å². The van der Waals surface area contributed by atoms with Gasteiger partial charge in [0.25, 0.3) is 0 Å². The molecule has 0 saturated heterocycles. The smallest absolute Gasteiger partial charge is 0.233 e. The second-order valence-electron chi connectivity index (χ2n) is 2.00. The van der Waals surface area contributed by atoms with Gasteiger partial charge in [-0.2, -0.15) is 4.98 Å². The fourth-order valence-corrected chi connectivity index (χ4v) is 0.908. The Morgan fingerprint density at radius 3 is 3.00 bits per heavy atom. The Bertz CT molecular complexity index is 357. The first-order valence-electron chi connectivity index (χ1n) is 3.39. The molecular formula is C8H6Cl2N2O. The van der Waals surface area contributed by atoms with Crippen molar-refractivity contribution in [1.29, 1.82) is 0 Å². The van der Waals surface area contributed by atoms with E-state index in [1.807, 2.05) is 0 Å². The minimum absolute atomic E-state index is 0.133. The van der Waals surface area contributed by atoms with Gasteiger partial charge in [0.1, 0.15) is 5.56 Å². The first-order valence-corrected chi connectivity index (χ1v) is 4.30. The normalized spacial score (nSPS) is 8.85. The predicted molar refractivity (Wildman–Crippen MR) is 51.2 cm³/mol. The van der Waals surface area contributed by atoms with Crippen molar-refractivity contribution in [2.45, 2.75) is 0 Å². The maximum absolute atomic E-state index is 5.55. The van der Waals surface area contributed by atoms with Crippen LogP contribution in [0.3, 0.4) is 0 Å². The van der Waals surface area contributed by atoms with Crippen molar-refractivity contribution in [3.63, 3.8) is 0 Å². The fraction of sp³-hybridized carbons (Fsp3) is 0.250. The molecule has 0 fully saturated rings. The summed E-state index contributed by atoms with van der Waals surface area (Å²) in [7, 11) is 1.49. The number of methoxy groups -OCH3 is 1. The zero-order chi connectivity index (χ0) is 9.68. The number of ether oxygens (including phenoxy) is 1. The maximum atomic E-state index is 5.55. The van der Waals surface area contributed by atoms with Crippen LogP contribution < -0.4 is 4.74 Å². The summed E-state index contributed by atoms with van der Waals surface area (Å²) in [4.78, 5) is 7.60. The molecule has 0 N–H and O–H groups in total. The highest BCUT2D eigenvalue weighted by Crippen LogP contribution is 2.14. The van der Waals surface area contributed by atoms with Crippen LogP contribution in [-0.4, -0.2) is 23.0 Å². The van der Waals surface area contributed by atoms with Crippen LogP contribution in [0.4, 0.5) is 0 Å². The molecule has 0 aliphatic heterocycles. The van der Waals surface area contributed by atoms with E-state index in [-0.39, 0.29) is 11.2 Å². The Morgan fingerprint density at radius 2 is 2.38 bits per heavy atom. The van der Waals surface area contributed by atoms with Crippen molar-refractivity contribution in [3.8, 4) is 17.7 Å². The minimum atomic E-state index is 0.133. The van der Waals surface area contributed by atoms with Crippen LogP contribution in [-0.2, 0) is 0 Å². The van der Waals surface area contributed by atoms with E-state index in [9.17, 15) is 0 Å². The zero-order valence-electron chi connectivity index (χ0n) is 6.84. The molecule has 0 radical (unpaired) electrons. The molecule has 1 heterocycles. The number of hydrogen-bond acceptors (Lipinski definition) is 3. The van der Waals surface area contributed by atoms with Crippen LogP contribution in [0, 0.1) is 11.8 Å². The van der Waals surface area contributed by atoms with E-state index in [1.165, 1.54) is 13.3 Å². The molecular weight excluding hydrogens is 211 g/mol. The predicted octanol–water partition coefficient (Wildman–Crippen LogP) is 1.73. The van der Waals surface area contributed by atoms with Gasteiger partial charge in [-0.05, 0) is 11.6 Å². The third kappa shape index (κ3) is 2.76. The molecule has 1 aromatic rings. The second kappa shape index (κ2) is 4.90. The summed E-state index contributed by atoms with van der Waals surface area (Å²) in [5.74, 6) is 6.04. The Labute approximate surface area is 86.0 Å². The first-order chi connectivity index (χ1) is 6.27. The van der Waals surface area contributed by atoms with Gasteiger partial charge in [-0.1, -0.05) is 11.8 Å². The highest BCUT2D eigenvalue weighted by Gasteiger charge is 2.02. The van der Waals surface area contributed by atoms with Gasteiger partial charge in [0, 0.05) is 0 Å². The Kier molecular flexibility index (Phi) is 3.81. The van der Waals surface area contributed by atoms with Crippen molar-refractivity contribution in [1.82, 2.24) is 9.97 Å². The Hall–Kier alpha value is -0.980. The molecule has 0 unspecified atom stereocenters. The van der Waals surface area contributed by atoms with Gasteiger partial charge in [0.15, 0.2) is 0 Å². The summed E-state index contributed by atoms with van der Waals surface area (Å²) in [5.41, 5.74) is 0.576. The molecule has 1 rings (SSSR count). The molecule has 0 spiro atoms. The monoisotopic (exact) mass is 216 g/mol. The van der Waals surface area contributed by atoms with Gasteiger partial charge >= 0.3 is 0 Å². The molecule has 0 saturated carbocycles. The number of halogens is 2. The standard InChI is InChI=1S/C8H6Cl2N2O/c1-13-7-6(3-2-4-9)5-11-8(10)12-7/h5H,4H2,1H3. The van der Waals surface area contributed by atoms with E-state index in [0.717, 1.165) is 0 Å². The molecule has 0 bridgehead atoms. The van der Waals surface area contributed by atoms with Gasteiger partial charge in [0.05, 0.1) is 19.2 Å². The molecule has 0 atom stereocenters.